The standard InChI is InChI=1S/C25H31FN4O2/c1-31-18-25(24-28-23(29-32-24)17-19-7-9-21(26)10-8-19)12-15-30(16-13-25)14-11-22(27)20-5-3-2-4-6-20/h2-10,22H,11-18,27H2,1H3/t22-/m0/s1. The summed E-state index contributed by atoms with van der Waals surface area (Å²) in [5, 5.41) is 4.18. The van der Waals surface area contributed by atoms with Crippen molar-refractivity contribution in [3.8, 4) is 0 Å². The number of rotatable bonds is 9. The van der Waals surface area contributed by atoms with Crippen LogP contribution in [0.5, 0.6) is 0 Å². The van der Waals surface area contributed by atoms with E-state index >= 15 is 0 Å². The van der Waals surface area contributed by atoms with E-state index in [0.717, 1.165) is 44.5 Å². The molecule has 4 rings (SSSR count). The Morgan fingerprint density at radius 3 is 2.53 bits per heavy atom. The predicted molar refractivity (Wildman–Crippen MR) is 121 cm³/mol. The Kier molecular flexibility index (Phi) is 7.29. The molecule has 2 heterocycles. The lowest BCUT2D eigenvalue weighted by Crippen LogP contribution is -2.46. The molecule has 1 aliphatic rings. The maximum atomic E-state index is 13.2. The highest BCUT2D eigenvalue weighted by molar-refractivity contribution is 5.20. The number of likely N-dealkylation sites (tertiary alicyclic amines) is 1. The van der Waals surface area contributed by atoms with E-state index in [2.05, 4.69) is 22.2 Å². The predicted octanol–water partition coefficient (Wildman–Crippen LogP) is 3.87. The number of methoxy groups -OCH3 is 1. The maximum Gasteiger partial charge on any atom is 0.235 e. The number of piperidine rings is 1. The lowest BCUT2D eigenvalue weighted by molar-refractivity contribution is 0.0521. The molecular formula is C25H31FN4O2. The molecule has 2 aromatic carbocycles. The third-order valence-corrected chi connectivity index (χ3v) is 6.42. The second kappa shape index (κ2) is 10.3. The van der Waals surface area contributed by atoms with Gasteiger partial charge in [0.1, 0.15) is 5.82 Å². The first-order valence-electron chi connectivity index (χ1n) is 11.2. The van der Waals surface area contributed by atoms with E-state index in [9.17, 15) is 4.39 Å². The van der Waals surface area contributed by atoms with Crippen molar-refractivity contribution in [3.05, 3.63) is 83.3 Å². The summed E-state index contributed by atoms with van der Waals surface area (Å²) in [5.41, 5.74) is 8.23. The van der Waals surface area contributed by atoms with Gasteiger partial charge in [-0.15, -0.1) is 0 Å². The van der Waals surface area contributed by atoms with Crippen LogP contribution in [0.4, 0.5) is 4.39 Å². The lowest BCUT2D eigenvalue weighted by atomic mass is 9.78. The van der Waals surface area contributed by atoms with Gasteiger partial charge in [-0.2, -0.15) is 4.98 Å². The summed E-state index contributed by atoms with van der Waals surface area (Å²) in [7, 11) is 1.71. The molecule has 1 aromatic heterocycles. The minimum atomic E-state index is -0.277. The van der Waals surface area contributed by atoms with Gasteiger partial charge in [0.25, 0.3) is 0 Å². The molecule has 1 saturated heterocycles. The second-order valence-electron chi connectivity index (χ2n) is 8.68. The summed E-state index contributed by atoms with van der Waals surface area (Å²) in [6.45, 7) is 3.36. The minimum absolute atomic E-state index is 0.0480. The molecule has 0 spiro atoms. The normalized spacial score (nSPS) is 17.3. The molecule has 32 heavy (non-hydrogen) atoms. The van der Waals surface area contributed by atoms with Crippen molar-refractivity contribution in [2.75, 3.05) is 33.4 Å². The highest BCUT2D eigenvalue weighted by atomic mass is 19.1. The number of nitrogens with two attached hydrogens (primary N) is 1. The molecule has 170 valence electrons. The Bertz CT molecular complexity index is 969. The van der Waals surface area contributed by atoms with Crippen LogP contribution in [0.15, 0.2) is 59.1 Å². The van der Waals surface area contributed by atoms with Gasteiger partial charge >= 0.3 is 0 Å². The van der Waals surface area contributed by atoms with Gasteiger partial charge in [0, 0.05) is 19.6 Å². The summed E-state index contributed by atoms with van der Waals surface area (Å²) in [5.74, 6) is 0.994. The van der Waals surface area contributed by atoms with Crippen LogP contribution in [0.25, 0.3) is 0 Å². The monoisotopic (exact) mass is 438 g/mol. The van der Waals surface area contributed by atoms with Crippen molar-refractivity contribution in [3.63, 3.8) is 0 Å². The number of benzene rings is 2. The van der Waals surface area contributed by atoms with Crippen LogP contribution in [-0.4, -0.2) is 48.4 Å². The van der Waals surface area contributed by atoms with Gasteiger partial charge in [-0.05, 0) is 62.2 Å². The first-order chi connectivity index (χ1) is 15.6. The quantitative estimate of drug-likeness (QED) is 0.547. The summed E-state index contributed by atoms with van der Waals surface area (Å²) in [6, 6.07) is 16.7. The fourth-order valence-corrected chi connectivity index (χ4v) is 4.42. The van der Waals surface area contributed by atoms with Crippen molar-refractivity contribution in [1.29, 1.82) is 0 Å². The molecular weight excluding hydrogens is 407 g/mol. The molecule has 0 radical (unpaired) electrons. The van der Waals surface area contributed by atoms with E-state index in [1.165, 1.54) is 17.7 Å². The van der Waals surface area contributed by atoms with Crippen molar-refractivity contribution in [2.24, 2.45) is 5.73 Å². The number of aromatic nitrogens is 2. The molecule has 1 fully saturated rings. The Balaban J connectivity index is 1.35. The zero-order valence-corrected chi connectivity index (χ0v) is 18.5. The van der Waals surface area contributed by atoms with E-state index in [0.29, 0.717) is 24.7 Å². The fraction of sp³-hybridized carbons (Fsp3) is 0.440. The smallest absolute Gasteiger partial charge is 0.235 e. The van der Waals surface area contributed by atoms with Gasteiger partial charge in [-0.25, -0.2) is 4.39 Å². The number of nitrogens with zero attached hydrogens (tertiary/aromatic N) is 3. The number of hydrogen-bond acceptors (Lipinski definition) is 6. The van der Waals surface area contributed by atoms with Crippen molar-refractivity contribution in [1.82, 2.24) is 15.0 Å². The topological polar surface area (TPSA) is 77.4 Å². The van der Waals surface area contributed by atoms with Crippen LogP contribution in [0.3, 0.4) is 0 Å². The summed E-state index contributed by atoms with van der Waals surface area (Å²) in [4.78, 5) is 7.14. The Hall–Kier alpha value is -2.61. The Morgan fingerprint density at radius 2 is 1.84 bits per heavy atom. The van der Waals surface area contributed by atoms with Gasteiger partial charge in [-0.3, -0.25) is 0 Å². The molecule has 3 aromatic rings. The van der Waals surface area contributed by atoms with Crippen LogP contribution in [0.1, 0.15) is 48.1 Å². The van der Waals surface area contributed by atoms with Gasteiger partial charge in [-0.1, -0.05) is 47.6 Å². The fourth-order valence-electron chi connectivity index (χ4n) is 4.42. The van der Waals surface area contributed by atoms with Gasteiger partial charge in [0.2, 0.25) is 5.89 Å². The largest absolute Gasteiger partial charge is 0.384 e. The Labute approximate surface area is 188 Å². The maximum absolute atomic E-state index is 13.2. The SMILES string of the molecule is COCC1(c2nc(Cc3ccc(F)cc3)no2)CCN(CC[C@H](N)c2ccccc2)CC1. The summed E-state index contributed by atoms with van der Waals surface area (Å²) >= 11 is 0. The lowest BCUT2D eigenvalue weighted by Gasteiger charge is -2.39. The van der Waals surface area contributed by atoms with Gasteiger partial charge in [0.05, 0.1) is 12.0 Å². The highest BCUT2D eigenvalue weighted by Gasteiger charge is 2.41. The van der Waals surface area contributed by atoms with E-state index < -0.39 is 0 Å². The van der Waals surface area contributed by atoms with Crippen molar-refractivity contribution < 1.29 is 13.7 Å². The molecule has 0 unspecified atom stereocenters. The molecule has 0 aliphatic carbocycles. The van der Waals surface area contributed by atoms with Crippen LogP contribution >= 0.6 is 0 Å². The highest BCUT2D eigenvalue weighted by Crippen LogP contribution is 2.35. The average molecular weight is 439 g/mol. The van der Waals surface area contributed by atoms with E-state index in [4.69, 9.17) is 20.0 Å². The molecule has 0 saturated carbocycles. The number of ether oxygens (including phenoxy) is 1. The molecule has 6 nitrogen and oxygen atoms in total. The van der Waals surface area contributed by atoms with Crippen LogP contribution in [-0.2, 0) is 16.6 Å². The molecule has 0 bridgehead atoms. The Morgan fingerprint density at radius 1 is 1.12 bits per heavy atom. The van der Waals surface area contributed by atoms with Crippen LogP contribution < -0.4 is 5.73 Å². The summed E-state index contributed by atoms with van der Waals surface area (Å²) in [6.07, 6.45) is 3.21. The van der Waals surface area contributed by atoms with E-state index in [1.807, 2.05) is 18.2 Å². The third-order valence-electron chi connectivity index (χ3n) is 6.42. The number of halogens is 1. The van der Waals surface area contributed by atoms with Crippen molar-refractivity contribution in [2.45, 2.75) is 37.1 Å². The zero-order chi connectivity index (χ0) is 22.4. The van der Waals surface area contributed by atoms with Crippen molar-refractivity contribution >= 4 is 0 Å². The van der Waals surface area contributed by atoms with Gasteiger partial charge in [0.15, 0.2) is 5.82 Å². The molecule has 2 N–H and O–H groups in total. The first-order valence-corrected chi connectivity index (χ1v) is 11.2. The van der Waals surface area contributed by atoms with Gasteiger partial charge < -0.3 is 19.9 Å². The first kappa shape index (κ1) is 22.6. The molecule has 1 aliphatic heterocycles. The van der Waals surface area contributed by atoms with E-state index in [1.54, 1.807) is 19.2 Å². The molecule has 1 atom stereocenters. The molecule has 7 heteroatoms. The minimum Gasteiger partial charge on any atom is -0.384 e. The second-order valence-corrected chi connectivity index (χ2v) is 8.68. The molecule has 0 amide bonds. The summed E-state index contributed by atoms with van der Waals surface area (Å²) < 4.78 is 24.4. The third kappa shape index (κ3) is 5.41. The number of hydrogen-bond donors (Lipinski definition) is 1. The van der Waals surface area contributed by atoms with E-state index in [-0.39, 0.29) is 17.3 Å². The zero-order valence-electron chi connectivity index (χ0n) is 18.5. The average Bonchev–Trinajstić information content (AvgIpc) is 3.30. The van der Waals surface area contributed by atoms with Crippen LogP contribution in [0, 0.1) is 5.82 Å². The van der Waals surface area contributed by atoms with Crippen LogP contribution in [0.2, 0.25) is 0 Å².